The fourth-order valence-electron chi connectivity index (χ4n) is 2.07. The standard InChI is InChI=1S/C15H18N2OS/c1-10-5-3-7-13(11(10)2)14(15(16)18)17-9-12-6-4-8-19-12/h3-8,14,17H,9H2,1-2H3,(H2,16,18). The Bertz CT molecular complexity index is 564. The van der Waals surface area contributed by atoms with Gasteiger partial charge < -0.3 is 5.73 Å². The molecule has 2 aromatic rings. The molecule has 0 fully saturated rings. The maximum atomic E-state index is 11.7. The SMILES string of the molecule is Cc1cccc(C(NCc2cccs2)C(N)=O)c1C. The minimum Gasteiger partial charge on any atom is -0.368 e. The summed E-state index contributed by atoms with van der Waals surface area (Å²) in [5.74, 6) is -0.342. The third kappa shape index (κ3) is 3.22. The van der Waals surface area contributed by atoms with Crippen LogP contribution in [-0.2, 0) is 11.3 Å². The van der Waals surface area contributed by atoms with E-state index in [1.807, 2.05) is 49.6 Å². The second kappa shape index (κ2) is 5.99. The molecule has 1 atom stereocenters. The minimum absolute atomic E-state index is 0.342. The molecule has 19 heavy (non-hydrogen) atoms. The van der Waals surface area contributed by atoms with Gasteiger partial charge in [0.2, 0.25) is 5.91 Å². The maximum absolute atomic E-state index is 11.7. The van der Waals surface area contributed by atoms with Gasteiger partial charge in [-0.2, -0.15) is 0 Å². The first-order chi connectivity index (χ1) is 9.09. The molecule has 1 amide bonds. The van der Waals surface area contributed by atoms with Crippen LogP contribution in [0.4, 0.5) is 0 Å². The molecule has 0 aliphatic rings. The van der Waals surface area contributed by atoms with Crippen LogP contribution in [-0.4, -0.2) is 5.91 Å². The van der Waals surface area contributed by atoms with Crippen molar-refractivity contribution < 1.29 is 4.79 Å². The van der Waals surface area contributed by atoms with Crippen LogP contribution in [0.2, 0.25) is 0 Å². The largest absolute Gasteiger partial charge is 0.368 e. The van der Waals surface area contributed by atoms with Crippen LogP contribution in [0, 0.1) is 13.8 Å². The number of thiophene rings is 1. The number of carbonyl (C=O) groups is 1. The van der Waals surface area contributed by atoms with Crippen molar-refractivity contribution in [2.24, 2.45) is 5.73 Å². The van der Waals surface area contributed by atoms with Crippen LogP contribution in [0.15, 0.2) is 35.7 Å². The Morgan fingerprint density at radius 2 is 2.11 bits per heavy atom. The van der Waals surface area contributed by atoms with Crippen LogP contribution in [0.1, 0.15) is 27.6 Å². The summed E-state index contributed by atoms with van der Waals surface area (Å²) in [6, 6.07) is 9.55. The second-order valence-electron chi connectivity index (χ2n) is 4.58. The number of amides is 1. The normalized spacial score (nSPS) is 12.3. The molecule has 1 aromatic heterocycles. The summed E-state index contributed by atoms with van der Waals surface area (Å²) in [5, 5.41) is 5.26. The molecule has 4 heteroatoms. The molecule has 1 unspecified atom stereocenters. The molecule has 1 aromatic carbocycles. The lowest BCUT2D eigenvalue weighted by atomic mass is 9.97. The van der Waals surface area contributed by atoms with Crippen molar-refractivity contribution in [3.8, 4) is 0 Å². The van der Waals surface area contributed by atoms with Crippen molar-refractivity contribution in [2.75, 3.05) is 0 Å². The number of hydrogen-bond donors (Lipinski definition) is 2. The molecule has 0 saturated heterocycles. The van der Waals surface area contributed by atoms with Crippen LogP contribution in [0.3, 0.4) is 0 Å². The van der Waals surface area contributed by atoms with E-state index in [-0.39, 0.29) is 5.91 Å². The number of nitrogens with one attached hydrogen (secondary N) is 1. The van der Waals surface area contributed by atoms with E-state index in [4.69, 9.17) is 5.73 Å². The first-order valence-corrected chi connectivity index (χ1v) is 7.08. The van der Waals surface area contributed by atoms with Gasteiger partial charge in [0.25, 0.3) is 0 Å². The third-order valence-corrected chi connectivity index (χ3v) is 4.18. The van der Waals surface area contributed by atoms with E-state index in [0.717, 1.165) is 11.1 Å². The smallest absolute Gasteiger partial charge is 0.239 e. The highest BCUT2D eigenvalue weighted by Crippen LogP contribution is 2.21. The number of aryl methyl sites for hydroxylation is 1. The van der Waals surface area contributed by atoms with Crippen LogP contribution < -0.4 is 11.1 Å². The molecule has 0 aliphatic carbocycles. The number of primary amides is 1. The van der Waals surface area contributed by atoms with E-state index in [1.54, 1.807) is 11.3 Å². The molecule has 0 aliphatic heterocycles. The summed E-state index contributed by atoms with van der Waals surface area (Å²) in [6.45, 7) is 4.71. The van der Waals surface area contributed by atoms with Gasteiger partial charge in [-0.15, -0.1) is 11.3 Å². The van der Waals surface area contributed by atoms with Crippen LogP contribution >= 0.6 is 11.3 Å². The molecule has 3 N–H and O–H groups in total. The van der Waals surface area contributed by atoms with Gasteiger partial charge in [0.1, 0.15) is 6.04 Å². The summed E-state index contributed by atoms with van der Waals surface area (Å²) in [5.41, 5.74) is 8.78. The minimum atomic E-state index is -0.443. The molecule has 1 heterocycles. The van der Waals surface area contributed by atoms with Gasteiger partial charge in [-0.05, 0) is 42.0 Å². The zero-order valence-corrected chi connectivity index (χ0v) is 12.0. The van der Waals surface area contributed by atoms with Crippen molar-refractivity contribution in [1.29, 1.82) is 0 Å². The molecular weight excluding hydrogens is 256 g/mol. The van der Waals surface area contributed by atoms with E-state index >= 15 is 0 Å². The number of rotatable bonds is 5. The topological polar surface area (TPSA) is 55.1 Å². The first kappa shape index (κ1) is 13.8. The Kier molecular flexibility index (Phi) is 4.35. The number of benzene rings is 1. The summed E-state index contributed by atoms with van der Waals surface area (Å²) in [6.07, 6.45) is 0. The van der Waals surface area contributed by atoms with Gasteiger partial charge in [0.15, 0.2) is 0 Å². The maximum Gasteiger partial charge on any atom is 0.239 e. The number of nitrogens with two attached hydrogens (primary N) is 1. The molecule has 100 valence electrons. The molecule has 0 bridgehead atoms. The fraction of sp³-hybridized carbons (Fsp3) is 0.267. The predicted molar refractivity (Wildman–Crippen MR) is 79.0 cm³/mol. The molecule has 0 saturated carbocycles. The van der Waals surface area contributed by atoms with Gasteiger partial charge in [-0.25, -0.2) is 0 Å². The van der Waals surface area contributed by atoms with Crippen LogP contribution in [0.25, 0.3) is 0 Å². The monoisotopic (exact) mass is 274 g/mol. The fourth-order valence-corrected chi connectivity index (χ4v) is 2.72. The van der Waals surface area contributed by atoms with Gasteiger partial charge in [0, 0.05) is 11.4 Å². The average molecular weight is 274 g/mol. The van der Waals surface area contributed by atoms with E-state index in [1.165, 1.54) is 10.4 Å². The van der Waals surface area contributed by atoms with Crippen molar-refractivity contribution in [2.45, 2.75) is 26.4 Å². The Hall–Kier alpha value is -1.65. The lowest BCUT2D eigenvalue weighted by Crippen LogP contribution is -2.33. The lowest BCUT2D eigenvalue weighted by molar-refractivity contribution is -0.120. The molecule has 0 radical (unpaired) electrons. The molecule has 2 rings (SSSR count). The number of hydrogen-bond acceptors (Lipinski definition) is 3. The zero-order valence-electron chi connectivity index (χ0n) is 11.1. The molecule has 3 nitrogen and oxygen atoms in total. The van der Waals surface area contributed by atoms with Crippen molar-refractivity contribution >= 4 is 17.2 Å². The van der Waals surface area contributed by atoms with Gasteiger partial charge in [-0.3, -0.25) is 10.1 Å². The summed E-state index contributed by atoms with van der Waals surface area (Å²) < 4.78 is 0. The summed E-state index contributed by atoms with van der Waals surface area (Å²) in [4.78, 5) is 12.9. The average Bonchev–Trinajstić information content (AvgIpc) is 2.87. The second-order valence-corrected chi connectivity index (χ2v) is 5.62. The Labute approximate surface area is 117 Å². The Morgan fingerprint density at radius 1 is 1.32 bits per heavy atom. The summed E-state index contributed by atoms with van der Waals surface area (Å²) in [7, 11) is 0. The van der Waals surface area contributed by atoms with Gasteiger partial charge in [0.05, 0.1) is 0 Å². The van der Waals surface area contributed by atoms with Crippen molar-refractivity contribution in [3.05, 3.63) is 57.3 Å². The van der Waals surface area contributed by atoms with E-state index in [2.05, 4.69) is 5.32 Å². The van der Waals surface area contributed by atoms with Gasteiger partial charge in [-0.1, -0.05) is 24.3 Å². The number of carbonyl (C=O) groups excluding carboxylic acids is 1. The first-order valence-electron chi connectivity index (χ1n) is 6.21. The van der Waals surface area contributed by atoms with E-state index < -0.39 is 6.04 Å². The predicted octanol–water partition coefficient (Wildman–Crippen LogP) is 2.68. The highest BCUT2D eigenvalue weighted by molar-refractivity contribution is 7.09. The third-order valence-electron chi connectivity index (χ3n) is 3.30. The van der Waals surface area contributed by atoms with Crippen LogP contribution in [0.5, 0.6) is 0 Å². The quantitative estimate of drug-likeness (QED) is 0.880. The summed E-state index contributed by atoms with van der Waals surface area (Å²) >= 11 is 1.66. The van der Waals surface area contributed by atoms with Crippen molar-refractivity contribution in [3.63, 3.8) is 0 Å². The molecular formula is C15H18N2OS. The Morgan fingerprint density at radius 3 is 2.74 bits per heavy atom. The molecule has 0 spiro atoms. The van der Waals surface area contributed by atoms with Gasteiger partial charge >= 0.3 is 0 Å². The van der Waals surface area contributed by atoms with Crippen molar-refractivity contribution in [1.82, 2.24) is 5.32 Å². The lowest BCUT2D eigenvalue weighted by Gasteiger charge is -2.18. The highest BCUT2D eigenvalue weighted by Gasteiger charge is 2.19. The Balaban J connectivity index is 2.20. The zero-order chi connectivity index (χ0) is 13.8. The highest BCUT2D eigenvalue weighted by atomic mass is 32.1. The van der Waals surface area contributed by atoms with E-state index in [0.29, 0.717) is 6.54 Å². The van der Waals surface area contributed by atoms with E-state index in [9.17, 15) is 4.79 Å².